The lowest BCUT2D eigenvalue weighted by atomic mass is 10.1. The molecule has 0 aliphatic heterocycles. The predicted octanol–water partition coefficient (Wildman–Crippen LogP) is 6.83. The number of para-hydroxylation sites is 2. The molecular formula is C26H28N2. The van der Waals surface area contributed by atoms with Gasteiger partial charge >= 0.3 is 0 Å². The van der Waals surface area contributed by atoms with Gasteiger partial charge in [0, 0.05) is 41.6 Å². The van der Waals surface area contributed by atoms with Crippen molar-refractivity contribution >= 4 is 39.6 Å². The van der Waals surface area contributed by atoms with Gasteiger partial charge in [-0.15, -0.1) is 0 Å². The van der Waals surface area contributed by atoms with E-state index in [9.17, 15) is 0 Å². The smallest absolute Gasteiger partial charge is 0.0564 e. The van der Waals surface area contributed by atoms with Gasteiger partial charge in [0.15, 0.2) is 0 Å². The average Bonchev–Trinajstić information content (AvgIpc) is 3.08. The zero-order chi connectivity index (χ0) is 19.5. The molecule has 2 nitrogen and oxygen atoms in total. The van der Waals surface area contributed by atoms with Crippen LogP contribution < -0.4 is 4.90 Å². The number of hydrogen-bond acceptors (Lipinski definition) is 1. The van der Waals surface area contributed by atoms with Gasteiger partial charge in [-0.1, -0.05) is 60.7 Å². The molecule has 0 atom stereocenters. The van der Waals surface area contributed by atoms with Crippen LogP contribution in [0.4, 0.5) is 5.69 Å². The molecule has 1 heterocycles. The van der Waals surface area contributed by atoms with Crippen LogP contribution in [0.25, 0.3) is 34.0 Å². The van der Waals surface area contributed by atoms with Gasteiger partial charge in [-0.2, -0.15) is 0 Å². The van der Waals surface area contributed by atoms with E-state index in [0.29, 0.717) is 0 Å². The molecule has 0 amide bonds. The molecule has 28 heavy (non-hydrogen) atoms. The van der Waals surface area contributed by atoms with Crippen molar-refractivity contribution in [2.24, 2.45) is 0 Å². The summed E-state index contributed by atoms with van der Waals surface area (Å²) < 4.78 is 2.43. The van der Waals surface area contributed by atoms with E-state index < -0.39 is 0 Å². The first-order valence-electron chi connectivity index (χ1n) is 10.3. The van der Waals surface area contributed by atoms with E-state index in [1.165, 1.54) is 38.6 Å². The summed E-state index contributed by atoms with van der Waals surface area (Å²) in [4.78, 5) is 2.38. The van der Waals surface area contributed by atoms with Crippen molar-refractivity contribution in [1.82, 2.24) is 4.57 Å². The monoisotopic (exact) mass is 368 g/mol. The maximum Gasteiger partial charge on any atom is 0.0564 e. The van der Waals surface area contributed by atoms with E-state index in [-0.39, 0.29) is 0 Å². The summed E-state index contributed by atoms with van der Waals surface area (Å²) in [5.74, 6) is 0. The maximum absolute atomic E-state index is 2.43. The molecule has 4 aromatic rings. The van der Waals surface area contributed by atoms with Gasteiger partial charge in [0.1, 0.15) is 0 Å². The number of nitrogens with zero attached hydrogens (tertiary/aromatic N) is 2. The lowest BCUT2D eigenvalue weighted by Crippen LogP contribution is -2.21. The quantitative estimate of drug-likeness (QED) is 0.339. The minimum atomic E-state index is 0.965. The lowest BCUT2D eigenvalue weighted by molar-refractivity contribution is 0.826. The highest BCUT2D eigenvalue weighted by Crippen LogP contribution is 2.32. The summed E-state index contributed by atoms with van der Waals surface area (Å²) >= 11 is 0. The fourth-order valence-electron chi connectivity index (χ4n) is 4.20. The third-order valence-electron chi connectivity index (χ3n) is 5.59. The number of aromatic nitrogens is 1. The fourth-order valence-corrected chi connectivity index (χ4v) is 4.20. The van der Waals surface area contributed by atoms with Crippen LogP contribution in [0, 0.1) is 0 Å². The molecule has 0 saturated carbocycles. The van der Waals surface area contributed by atoms with E-state index in [0.717, 1.165) is 19.6 Å². The highest BCUT2D eigenvalue weighted by molar-refractivity contribution is 6.10. The summed E-state index contributed by atoms with van der Waals surface area (Å²) in [7, 11) is 0. The standard InChI is InChI=1S/C26H28N2/c1-4-27(5-2)22-13-9-11-20(19-22)17-18-21-12-10-15-24-23-14-7-8-16-25(23)28(6-3)26(21)24/h7-19H,4-6H2,1-3H3. The van der Waals surface area contributed by atoms with Gasteiger partial charge in [-0.25, -0.2) is 0 Å². The molecule has 4 rings (SSSR count). The fraction of sp³-hybridized carbons (Fsp3) is 0.231. The van der Waals surface area contributed by atoms with E-state index in [1.54, 1.807) is 0 Å². The van der Waals surface area contributed by atoms with Gasteiger partial charge < -0.3 is 9.47 Å². The molecule has 3 aromatic carbocycles. The molecule has 142 valence electrons. The van der Waals surface area contributed by atoms with Crippen molar-refractivity contribution in [2.45, 2.75) is 27.3 Å². The SMILES string of the molecule is CCN(CC)c1cccc(C=Cc2cccc3c4ccccc4n(CC)c23)c1. The molecular weight excluding hydrogens is 340 g/mol. The second-order valence-electron chi connectivity index (χ2n) is 7.11. The highest BCUT2D eigenvalue weighted by atomic mass is 15.1. The van der Waals surface area contributed by atoms with Crippen LogP contribution >= 0.6 is 0 Å². The number of aryl methyl sites for hydroxylation is 1. The van der Waals surface area contributed by atoms with E-state index in [2.05, 4.69) is 109 Å². The number of benzene rings is 3. The Labute approximate surface area is 167 Å². The Hall–Kier alpha value is -3.00. The molecule has 0 saturated heterocycles. The Morgan fingerprint density at radius 1 is 0.786 bits per heavy atom. The molecule has 0 bridgehead atoms. The van der Waals surface area contributed by atoms with Crippen molar-refractivity contribution in [3.63, 3.8) is 0 Å². The molecule has 0 unspecified atom stereocenters. The topological polar surface area (TPSA) is 8.17 Å². The molecule has 0 radical (unpaired) electrons. The molecule has 2 heteroatoms. The Morgan fingerprint density at radius 3 is 2.32 bits per heavy atom. The Kier molecular flexibility index (Phi) is 5.21. The van der Waals surface area contributed by atoms with Crippen LogP contribution in [-0.2, 0) is 6.54 Å². The van der Waals surface area contributed by atoms with Crippen LogP contribution in [0.5, 0.6) is 0 Å². The predicted molar refractivity (Wildman–Crippen MR) is 124 cm³/mol. The number of hydrogen-bond donors (Lipinski definition) is 0. The minimum Gasteiger partial charge on any atom is -0.372 e. The Balaban J connectivity index is 1.80. The Bertz CT molecular complexity index is 1130. The summed E-state index contributed by atoms with van der Waals surface area (Å²) in [6.45, 7) is 9.65. The summed E-state index contributed by atoms with van der Waals surface area (Å²) in [6.07, 6.45) is 4.49. The number of fused-ring (bicyclic) bond motifs is 3. The molecule has 1 aromatic heterocycles. The summed E-state index contributed by atoms with van der Waals surface area (Å²) in [5.41, 5.74) is 6.42. The first kappa shape index (κ1) is 18.4. The van der Waals surface area contributed by atoms with Crippen molar-refractivity contribution < 1.29 is 0 Å². The van der Waals surface area contributed by atoms with Gasteiger partial charge in [-0.3, -0.25) is 0 Å². The third kappa shape index (κ3) is 3.20. The lowest BCUT2D eigenvalue weighted by Gasteiger charge is -2.21. The van der Waals surface area contributed by atoms with Gasteiger partial charge in [-0.05, 0) is 50.1 Å². The second kappa shape index (κ2) is 7.93. The van der Waals surface area contributed by atoms with Crippen LogP contribution in [0.1, 0.15) is 31.9 Å². The van der Waals surface area contributed by atoms with Crippen molar-refractivity contribution in [2.75, 3.05) is 18.0 Å². The van der Waals surface area contributed by atoms with Crippen LogP contribution in [0.2, 0.25) is 0 Å². The zero-order valence-corrected chi connectivity index (χ0v) is 17.0. The van der Waals surface area contributed by atoms with Crippen LogP contribution in [0.15, 0.2) is 66.7 Å². The van der Waals surface area contributed by atoms with Gasteiger partial charge in [0.25, 0.3) is 0 Å². The Morgan fingerprint density at radius 2 is 1.54 bits per heavy atom. The first-order valence-corrected chi connectivity index (χ1v) is 10.3. The van der Waals surface area contributed by atoms with Crippen LogP contribution in [-0.4, -0.2) is 17.7 Å². The molecule has 0 aliphatic carbocycles. The highest BCUT2D eigenvalue weighted by Gasteiger charge is 2.11. The zero-order valence-electron chi connectivity index (χ0n) is 17.0. The largest absolute Gasteiger partial charge is 0.372 e. The first-order chi connectivity index (χ1) is 13.8. The molecule has 0 N–H and O–H groups in total. The number of anilines is 1. The number of rotatable bonds is 6. The van der Waals surface area contributed by atoms with E-state index in [4.69, 9.17) is 0 Å². The van der Waals surface area contributed by atoms with Gasteiger partial charge in [0.2, 0.25) is 0 Å². The van der Waals surface area contributed by atoms with Crippen molar-refractivity contribution in [3.05, 3.63) is 77.9 Å². The van der Waals surface area contributed by atoms with E-state index >= 15 is 0 Å². The molecule has 0 fully saturated rings. The van der Waals surface area contributed by atoms with E-state index in [1.807, 2.05) is 0 Å². The van der Waals surface area contributed by atoms with Crippen LogP contribution in [0.3, 0.4) is 0 Å². The van der Waals surface area contributed by atoms with Gasteiger partial charge in [0.05, 0.1) is 5.52 Å². The normalized spacial score (nSPS) is 11.7. The van der Waals surface area contributed by atoms with Crippen molar-refractivity contribution in [1.29, 1.82) is 0 Å². The maximum atomic E-state index is 2.43. The second-order valence-corrected chi connectivity index (χ2v) is 7.11. The third-order valence-corrected chi connectivity index (χ3v) is 5.59. The summed E-state index contributed by atoms with van der Waals surface area (Å²) in [6, 6.07) is 24.1. The molecule has 0 aliphatic rings. The average molecular weight is 369 g/mol. The molecule has 0 spiro atoms. The summed E-state index contributed by atoms with van der Waals surface area (Å²) in [5, 5.41) is 2.66. The minimum absolute atomic E-state index is 0.965. The van der Waals surface area contributed by atoms with Crippen molar-refractivity contribution in [3.8, 4) is 0 Å².